The zero-order valence-electron chi connectivity index (χ0n) is 21.2. The summed E-state index contributed by atoms with van der Waals surface area (Å²) in [5.41, 5.74) is 5.41. The van der Waals surface area contributed by atoms with Crippen molar-refractivity contribution in [3.63, 3.8) is 0 Å². The Balaban J connectivity index is 1.16. The van der Waals surface area contributed by atoms with Gasteiger partial charge in [-0.1, -0.05) is 64.2 Å². The number of carbonyl (C=O) groups is 1. The molecule has 0 spiro atoms. The highest BCUT2D eigenvalue weighted by Crippen LogP contribution is 2.50. The molecule has 6 rings (SSSR count). The van der Waals surface area contributed by atoms with E-state index in [9.17, 15) is 9.90 Å². The van der Waals surface area contributed by atoms with Gasteiger partial charge >= 0.3 is 5.97 Å². The lowest BCUT2D eigenvalue weighted by Crippen LogP contribution is -2.21. The monoisotopic (exact) mass is 581 g/mol. The van der Waals surface area contributed by atoms with Crippen molar-refractivity contribution in [1.29, 1.82) is 0 Å². The van der Waals surface area contributed by atoms with Crippen LogP contribution in [0.5, 0.6) is 5.75 Å². The fraction of sp³-hybridized carbons (Fsp3) is 0.290. The minimum atomic E-state index is -0.888. The van der Waals surface area contributed by atoms with Gasteiger partial charge in [-0.05, 0) is 91.5 Å². The molecule has 200 valence electrons. The Hall–Kier alpha value is -2.99. The van der Waals surface area contributed by atoms with Crippen molar-refractivity contribution in [2.24, 2.45) is 0 Å². The zero-order valence-corrected chi connectivity index (χ0v) is 23.5. The summed E-state index contributed by atoms with van der Waals surface area (Å²) < 4.78 is 11.9. The Labute approximate surface area is 241 Å². The quantitative estimate of drug-likeness (QED) is 0.224. The number of halogens is 3. The zero-order chi connectivity index (χ0) is 27.3. The van der Waals surface area contributed by atoms with Crippen LogP contribution in [0.2, 0.25) is 15.1 Å². The number of carboxylic acid groups (broad SMARTS) is 1. The second-order valence-corrected chi connectivity index (χ2v) is 11.7. The van der Waals surface area contributed by atoms with Gasteiger partial charge in [0.05, 0.1) is 21.2 Å². The number of aromatic carboxylic acids is 1. The number of nitrogens with zero attached hydrogens (tertiary/aromatic N) is 1. The molecule has 2 aliphatic carbocycles. The summed E-state index contributed by atoms with van der Waals surface area (Å²) >= 11 is 19.7. The number of hydrogen-bond acceptors (Lipinski definition) is 4. The molecule has 0 aliphatic heterocycles. The predicted octanol–water partition coefficient (Wildman–Crippen LogP) is 9.43. The van der Waals surface area contributed by atoms with Crippen LogP contribution in [0.15, 0.2) is 59.1 Å². The van der Waals surface area contributed by atoms with E-state index in [2.05, 4.69) is 5.16 Å². The molecule has 39 heavy (non-hydrogen) atoms. The van der Waals surface area contributed by atoms with Gasteiger partial charge in [0.15, 0.2) is 0 Å². The molecule has 0 bridgehead atoms. The molecule has 2 aliphatic rings. The van der Waals surface area contributed by atoms with Crippen LogP contribution in [0, 0.1) is 6.92 Å². The van der Waals surface area contributed by atoms with Gasteiger partial charge in [0.25, 0.3) is 0 Å². The predicted molar refractivity (Wildman–Crippen MR) is 153 cm³/mol. The number of carboxylic acids is 1. The molecule has 0 amide bonds. The van der Waals surface area contributed by atoms with Crippen LogP contribution in [0.25, 0.3) is 11.3 Å². The molecule has 1 heterocycles. The molecule has 4 aromatic rings. The van der Waals surface area contributed by atoms with Gasteiger partial charge in [-0.3, -0.25) is 0 Å². The van der Waals surface area contributed by atoms with E-state index in [0.29, 0.717) is 55.4 Å². The molecule has 0 atom stereocenters. The normalized spacial score (nSPS) is 18.6. The smallest absolute Gasteiger partial charge is 0.335 e. The van der Waals surface area contributed by atoms with E-state index in [0.717, 1.165) is 53.7 Å². The molecular weight excluding hydrogens is 557 g/mol. The lowest BCUT2D eigenvalue weighted by Gasteiger charge is -2.37. The largest absolute Gasteiger partial charge is 0.489 e. The fourth-order valence-corrected chi connectivity index (χ4v) is 6.30. The molecule has 3 aromatic carbocycles. The second-order valence-electron chi connectivity index (χ2n) is 10.5. The summed E-state index contributed by atoms with van der Waals surface area (Å²) in [6, 6.07) is 16.9. The van der Waals surface area contributed by atoms with E-state index in [-0.39, 0.29) is 6.61 Å². The molecule has 1 aromatic heterocycles. The third kappa shape index (κ3) is 5.16. The van der Waals surface area contributed by atoms with Crippen molar-refractivity contribution < 1.29 is 19.2 Å². The standard InChI is InChI=1S/C31H26Cl3NO4/c1-16-5-6-18(13-23(16)31(36)37)19-11-20(12-19)22-10-9-21(14-27(22)34)38-15-24-29(35-39-30(24)17-7-8-17)28-25(32)3-2-4-26(28)33/h2-6,9-10,13-14,17,19-20H,7-8,11-12,15H2,1H3,(H,36,37). The van der Waals surface area contributed by atoms with Crippen molar-refractivity contribution in [3.05, 3.63) is 103 Å². The summed E-state index contributed by atoms with van der Waals surface area (Å²) in [6.45, 7) is 2.08. The average molecular weight is 583 g/mol. The van der Waals surface area contributed by atoms with Gasteiger partial charge in [-0.15, -0.1) is 0 Å². The maximum atomic E-state index is 11.5. The van der Waals surface area contributed by atoms with E-state index in [1.165, 1.54) is 0 Å². The summed E-state index contributed by atoms with van der Waals surface area (Å²) in [4.78, 5) is 11.5. The van der Waals surface area contributed by atoms with Crippen LogP contribution < -0.4 is 4.74 Å². The first-order chi connectivity index (χ1) is 18.8. The Bertz CT molecular complexity index is 1550. The number of benzene rings is 3. The summed E-state index contributed by atoms with van der Waals surface area (Å²) in [7, 11) is 0. The molecule has 0 saturated heterocycles. The Morgan fingerprint density at radius 3 is 2.38 bits per heavy atom. The molecule has 2 fully saturated rings. The van der Waals surface area contributed by atoms with Crippen LogP contribution in [0.3, 0.4) is 0 Å². The number of rotatable bonds is 8. The number of aromatic nitrogens is 1. The highest BCUT2D eigenvalue weighted by atomic mass is 35.5. The number of hydrogen-bond donors (Lipinski definition) is 1. The highest BCUT2D eigenvalue weighted by molar-refractivity contribution is 6.39. The van der Waals surface area contributed by atoms with Crippen molar-refractivity contribution in [1.82, 2.24) is 5.16 Å². The van der Waals surface area contributed by atoms with Crippen LogP contribution in [-0.2, 0) is 6.61 Å². The summed E-state index contributed by atoms with van der Waals surface area (Å²) in [5, 5.41) is 15.5. The van der Waals surface area contributed by atoms with Crippen molar-refractivity contribution in [3.8, 4) is 17.0 Å². The van der Waals surface area contributed by atoms with Gasteiger partial charge in [0, 0.05) is 16.5 Å². The lowest BCUT2D eigenvalue weighted by atomic mass is 9.68. The molecule has 0 unspecified atom stereocenters. The summed E-state index contributed by atoms with van der Waals surface area (Å²) in [5.74, 6) is 1.57. The van der Waals surface area contributed by atoms with Crippen molar-refractivity contribution in [2.75, 3.05) is 0 Å². The fourth-order valence-electron chi connectivity index (χ4n) is 5.40. The Morgan fingerprint density at radius 1 is 0.974 bits per heavy atom. The minimum Gasteiger partial charge on any atom is -0.489 e. The molecule has 2 saturated carbocycles. The maximum absolute atomic E-state index is 11.5. The third-order valence-corrected chi connectivity index (χ3v) is 8.82. The molecule has 0 radical (unpaired) electrons. The lowest BCUT2D eigenvalue weighted by molar-refractivity contribution is 0.0696. The van der Waals surface area contributed by atoms with E-state index in [1.54, 1.807) is 18.2 Å². The van der Waals surface area contributed by atoms with Gasteiger partial charge in [-0.2, -0.15) is 0 Å². The van der Waals surface area contributed by atoms with Gasteiger partial charge in [0.1, 0.15) is 23.8 Å². The first-order valence-corrected chi connectivity index (χ1v) is 14.1. The van der Waals surface area contributed by atoms with Crippen LogP contribution in [0.1, 0.15) is 81.8 Å². The number of ether oxygens (including phenoxy) is 1. The first-order valence-electron chi connectivity index (χ1n) is 13.0. The van der Waals surface area contributed by atoms with E-state index in [4.69, 9.17) is 44.1 Å². The topological polar surface area (TPSA) is 72.6 Å². The van der Waals surface area contributed by atoms with Crippen LogP contribution >= 0.6 is 34.8 Å². The number of aryl methyl sites for hydroxylation is 1. The van der Waals surface area contributed by atoms with E-state index >= 15 is 0 Å². The van der Waals surface area contributed by atoms with Gasteiger partial charge in [0.2, 0.25) is 0 Å². The molecule has 8 heteroatoms. The molecule has 1 N–H and O–H groups in total. The second kappa shape index (κ2) is 10.5. The van der Waals surface area contributed by atoms with Gasteiger partial charge < -0.3 is 14.4 Å². The van der Waals surface area contributed by atoms with Crippen LogP contribution in [-0.4, -0.2) is 16.2 Å². The van der Waals surface area contributed by atoms with Crippen molar-refractivity contribution in [2.45, 2.75) is 57.0 Å². The molecule has 5 nitrogen and oxygen atoms in total. The van der Waals surface area contributed by atoms with Crippen molar-refractivity contribution >= 4 is 40.8 Å². The molecular formula is C31H26Cl3NO4. The summed E-state index contributed by atoms with van der Waals surface area (Å²) in [6.07, 6.45) is 3.97. The Morgan fingerprint density at radius 2 is 1.72 bits per heavy atom. The highest BCUT2D eigenvalue weighted by Gasteiger charge is 2.35. The minimum absolute atomic E-state index is 0.257. The third-order valence-electron chi connectivity index (χ3n) is 7.86. The first kappa shape index (κ1) is 26.2. The van der Waals surface area contributed by atoms with E-state index in [1.807, 2.05) is 43.3 Å². The average Bonchev–Trinajstić information content (AvgIpc) is 3.64. The SMILES string of the molecule is Cc1ccc(C2CC(c3ccc(OCc4c(-c5c(Cl)cccc5Cl)noc4C4CC4)cc3Cl)C2)cc1C(=O)O. The van der Waals surface area contributed by atoms with Gasteiger partial charge in [-0.25, -0.2) is 4.79 Å². The maximum Gasteiger partial charge on any atom is 0.335 e. The van der Waals surface area contributed by atoms with Crippen LogP contribution in [0.4, 0.5) is 0 Å². The van der Waals surface area contributed by atoms with E-state index < -0.39 is 5.97 Å². The Kier molecular flexibility index (Phi) is 7.09.